The molecule has 0 N–H and O–H groups in total. The molecular formula is C24H20F3N3O3. The maximum atomic E-state index is 14.5. The smallest absolute Gasteiger partial charge is 0.343 e. The molecule has 170 valence electrons. The highest BCUT2D eigenvalue weighted by atomic mass is 19.3. The van der Waals surface area contributed by atoms with Gasteiger partial charge >= 0.3 is 5.97 Å². The second-order valence-corrected chi connectivity index (χ2v) is 7.37. The fourth-order valence-corrected chi connectivity index (χ4v) is 3.60. The van der Waals surface area contributed by atoms with Gasteiger partial charge in [-0.3, -0.25) is 4.79 Å². The molecule has 2 aromatic carbocycles. The van der Waals surface area contributed by atoms with Gasteiger partial charge in [-0.1, -0.05) is 18.2 Å². The van der Waals surface area contributed by atoms with Crippen LogP contribution in [0.2, 0.25) is 0 Å². The number of hydrogen-bond donors (Lipinski definition) is 0. The van der Waals surface area contributed by atoms with Crippen molar-refractivity contribution in [1.82, 2.24) is 14.3 Å². The zero-order chi connectivity index (χ0) is 23.5. The molecule has 0 unspecified atom stereocenters. The van der Waals surface area contributed by atoms with Crippen molar-refractivity contribution in [1.29, 1.82) is 0 Å². The van der Waals surface area contributed by atoms with Crippen molar-refractivity contribution in [3.8, 4) is 5.69 Å². The quantitative estimate of drug-likeness (QED) is 0.389. The van der Waals surface area contributed by atoms with Gasteiger partial charge < -0.3 is 9.30 Å². The standard InChI is InChI=1S/C24H20F3N3O3/c1-2-33-24(32)18-14-29(20-5-3-4-19(25)22(20)23(18)31)13-15-6-8-17(9-7-15)30-11-10-16(28-30)12-21(26)27/h3-11,14,21H,2,12-13H2,1H3. The van der Waals surface area contributed by atoms with Gasteiger partial charge in [-0.15, -0.1) is 0 Å². The van der Waals surface area contributed by atoms with Gasteiger partial charge in [-0.25, -0.2) is 22.6 Å². The molecule has 0 atom stereocenters. The third-order valence-electron chi connectivity index (χ3n) is 5.11. The zero-order valence-corrected chi connectivity index (χ0v) is 17.7. The van der Waals surface area contributed by atoms with E-state index in [1.54, 1.807) is 48.0 Å². The molecule has 2 aromatic heterocycles. The van der Waals surface area contributed by atoms with Crippen molar-refractivity contribution in [3.05, 3.63) is 93.8 Å². The average Bonchev–Trinajstić information content (AvgIpc) is 3.24. The molecule has 0 amide bonds. The summed E-state index contributed by atoms with van der Waals surface area (Å²) < 4.78 is 47.7. The van der Waals surface area contributed by atoms with Crippen LogP contribution in [0.3, 0.4) is 0 Å². The number of fused-ring (bicyclic) bond motifs is 1. The lowest BCUT2D eigenvalue weighted by atomic mass is 10.1. The number of benzene rings is 2. The summed E-state index contributed by atoms with van der Waals surface area (Å²) in [5.74, 6) is -1.53. The fourth-order valence-electron chi connectivity index (χ4n) is 3.60. The van der Waals surface area contributed by atoms with Gasteiger partial charge in [-0.05, 0) is 42.8 Å². The number of hydrogen-bond acceptors (Lipinski definition) is 4. The molecule has 4 rings (SSSR count). The number of rotatable bonds is 7. The molecule has 2 heterocycles. The molecular weight excluding hydrogens is 435 g/mol. The second kappa shape index (κ2) is 9.32. The largest absolute Gasteiger partial charge is 0.462 e. The van der Waals surface area contributed by atoms with Crippen LogP contribution in [0.1, 0.15) is 28.5 Å². The highest BCUT2D eigenvalue weighted by Gasteiger charge is 2.19. The number of nitrogens with zero attached hydrogens (tertiary/aromatic N) is 3. The van der Waals surface area contributed by atoms with E-state index < -0.39 is 30.1 Å². The van der Waals surface area contributed by atoms with E-state index in [2.05, 4.69) is 5.10 Å². The van der Waals surface area contributed by atoms with Gasteiger partial charge in [0.15, 0.2) is 0 Å². The molecule has 0 saturated carbocycles. The first kappa shape index (κ1) is 22.3. The van der Waals surface area contributed by atoms with Crippen molar-refractivity contribution >= 4 is 16.9 Å². The Kier molecular flexibility index (Phi) is 6.30. The van der Waals surface area contributed by atoms with Gasteiger partial charge in [0.05, 0.1) is 35.3 Å². The monoisotopic (exact) mass is 455 g/mol. The Bertz CT molecular complexity index is 1360. The van der Waals surface area contributed by atoms with E-state index >= 15 is 0 Å². The van der Waals surface area contributed by atoms with E-state index in [-0.39, 0.29) is 24.1 Å². The van der Waals surface area contributed by atoms with Crippen LogP contribution in [-0.2, 0) is 17.7 Å². The summed E-state index contributed by atoms with van der Waals surface area (Å²) in [7, 11) is 0. The number of aromatic nitrogens is 3. The number of ether oxygens (including phenoxy) is 1. The number of halogens is 3. The van der Waals surface area contributed by atoms with Crippen molar-refractivity contribution in [3.63, 3.8) is 0 Å². The zero-order valence-electron chi connectivity index (χ0n) is 17.7. The first-order valence-corrected chi connectivity index (χ1v) is 10.3. The van der Waals surface area contributed by atoms with Gasteiger partial charge in [0.1, 0.15) is 11.4 Å². The molecule has 0 aliphatic carbocycles. The van der Waals surface area contributed by atoms with Crippen LogP contribution in [0, 0.1) is 5.82 Å². The molecule has 6 nitrogen and oxygen atoms in total. The van der Waals surface area contributed by atoms with E-state index in [0.717, 1.165) is 5.56 Å². The minimum atomic E-state index is -2.47. The predicted octanol–water partition coefficient (Wildman–Crippen LogP) is 4.36. The predicted molar refractivity (Wildman–Crippen MR) is 116 cm³/mol. The summed E-state index contributed by atoms with van der Waals surface area (Å²) in [6, 6.07) is 13.0. The number of esters is 1. The molecule has 33 heavy (non-hydrogen) atoms. The number of alkyl halides is 2. The average molecular weight is 455 g/mol. The van der Waals surface area contributed by atoms with E-state index in [9.17, 15) is 22.8 Å². The Morgan fingerprint density at radius 1 is 1.12 bits per heavy atom. The Morgan fingerprint density at radius 2 is 1.88 bits per heavy atom. The molecule has 0 bridgehead atoms. The minimum Gasteiger partial charge on any atom is -0.462 e. The highest BCUT2D eigenvalue weighted by molar-refractivity contribution is 5.94. The van der Waals surface area contributed by atoms with E-state index in [1.807, 2.05) is 0 Å². The third-order valence-corrected chi connectivity index (χ3v) is 5.11. The summed E-state index contributed by atoms with van der Waals surface area (Å²) in [6.07, 6.45) is 0.104. The Balaban J connectivity index is 1.68. The lowest BCUT2D eigenvalue weighted by Gasteiger charge is -2.14. The maximum Gasteiger partial charge on any atom is 0.343 e. The van der Waals surface area contributed by atoms with Gasteiger partial charge in [0.25, 0.3) is 0 Å². The molecule has 0 radical (unpaired) electrons. The minimum absolute atomic E-state index is 0.0848. The number of pyridine rings is 1. The first-order chi connectivity index (χ1) is 15.9. The topological polar surface area (TPSA) is 66.1 Å². The van der Waals surface area contributed by atoms with Crippen LogP contribution in [-0.4, -0.2) is 33.3 Å². The van der Waals surface area contributed by atoms with Crippen molar-refractivity contribution in [2.75, 3.05) is 6.61 Å². The molecule has 0 aliphatic rings. The van der Waals surface area contributed by atoms with Crippen molar-refractivity contribution in [2.24, 2.45) is 0 Å². The molecule has 4 aromatic rings. The number of carbonyl (C=O) groups is 1. The van der Waals surface area contributed by atoms with Crippen LogP contribution in [0.4, 0.5) is 13.2 Å². The molecule has 0 spiro atoms. The number of carbonyl (C=O) groups excluding carboxylic acids is 1. The van der Waals surface area contributed by atoms with Crippen molar-refractivity contribution < 1.29 is 22.7 Å². The fraction of sp³-hybridized carbons (Fsp3) is 0.208. The Hall–Kier alpha value is -3.88. The Labute approximate surface area is 186 Å². The highest BCUT2D eigenvalue weighted by Crippen LogP contribution is 2.19. The van der Waals surface area contributed by atoms with E-state index in [4.69, 9.17) is 4.74 Å². The molecule has 0 saturated heterocycles. The van der Waals surface area contributed by atoms with Crippen LogP contribution in [0.25, 0.3) is 16.6 Å². The van der Waals surface area contributed by atoms with Crippen LogP contribution < -0.4 is 5.43 Å². The normalized spacial score (nSPS) is 11.3. The molecule has 0 aliphatic heterocycles. The summed E-state index contributed by atoms with van der Waals surface area (Å²) in [5, 5.41) is 3.97. The summed E-state index contributed by atoms with van der Waals surface area (Å²) in [4.78, 5) is 25.0. The first-order valence-electron chi connectivity index (χ1n) is 10.3. The third kappa shape index (κ3) is 4.67. The van der Waals surface area contributed by atoms with Crippen LogP contribution in [0.15, 0.2) is 65.7 Å². The Morgan fingerprint density at radius 3 is 2.58 bits per heavy atom. The lowest BCUT2D eigenvalue weighted by molar-refractivity contribution is 0.0524. The maximum absolute atomic E-state index is 14.5. The van der Waals surface area contributed by atoms with E-state index in [1.165, 1.54) is 29.1 Å². The SMILES string of the molecule is CCOC(=O)c1cn(Cc2ccc(-n3ccc(CC(F)F)n3)cc2)c2cccc(F)c2c1=O. The molecule has 0 fully saturated rings. The van der Waals surface area contributed by atoms with Gasteiger partial charge in [0.2, 0.25) is 11.9 Å². The van der Waals surface area contributed by atoms with Gasteiger partial charge in [-0.2, -0.15) is 5.10 Å². The summed E-state index contributed by atoms with van der Waals surface area (Å²) >= 11 is 0. The van der Waals surface area contributed by atoms with Crippen LogP contribution >= 0.6 is 0 Å². The van der Waals surface area contributed by atoms with Crippen molar-refractivity contribution in [2.45, 2.75) is 26.3 Å². The summed E-state index contributed by atoms with van der Waals surface area (Å²) in [5.41, 5.74) is 1.17. The van der Waals surface area contributed by atoms with Gasteiger partial charge in [0, 0.05) is 18.9 Å². The second-order valence-electron chi connectivity index (χ2n) is 7.37. The molecule has 9 heteroatoms. The summed E-state index contributed by atoms with van der Waals surface area (Å²) in [6.45, 7) is 1.96. The van der Waals surface area contributed by atoms with E-state index in [0.29, 0.717) is 16.9 Å². The van der Waals surface area contributed by atoms with Crippen LogP contribution in [0.5, 0.6) is 0 Å². The lowest BCUT2D eigenvalue weighted by Crippen LogP contribution is -2.22.